The van der Waals surface area contributed by atoms with Crippen molar-refractivity contribution < 1.29 is 23.1 Å². The molecule has 2 aromatic carbocycles. The smallest absolute Gasteiger partial charge is 0.270 e. The van der Waals surface area contributed by atoms with Gasteiger partial charge in [-0.15, -0.1) is 0 Å². The van der Waals surface area contributed by atoms with Crippen molar-refractivity contribution in [3.8, 4) is 0 Å². The predicted octanol–water partition coefficient (Wildman–Crippen LogP) is 2.97. The molecule has 0 saturated carbocycles. The standard InChI is InChI=1S/C28H38N8O7S/c1-4-32(5-2)28(37)21-7-6-12-34(20-21)44(42,43)27-18-24(36(40)41)8-10-25(27)30-29-19-22-17-23(35(38)39)9-11-26(22)33-15-13-31(3)14-16-33/h8-11,17-19,21,30H,4-7,12-16,20H2,1-3H3/b29-19-/t21-/m1/s1. The number of anilines is 2. The third kappa shape index (κ3) is 7.31. The van der Waals surface area contributed by atoms with Crippen LogP contribution in [-0.4, -0.2) is 104 Å². The summed E-state index contributed by atoms with van der Waals surface area (Å²) in [6.07, 6.45) is 2.39. The van der Waals surface area contributed by atoms with Crippen molar-refractivity contribution in [2.45, 2.75) is 31.6 Å². The Morgan fingerprint density at radius 1 is 1.02 bits per heavy atom. The number of piperazine rings is 1. The first-order valence-corrected chi connectivity index (χ1v) is 16.0. The highest BCUT2D eigenvalue weighted by Crippen LogP contribution is 2.32. The first-order chi connectivity index (χ1) is 21.0. The van der Waals surface area contributed by atoms with E-state index in [0.29, 0.717) is 44.6 Å². The summed E-state index contributed by atoms with van der Waals surface area (Å²) < 4.78 is 29.0. The van der Waals surface area contributed by atoms with Crippen LogP contribution in [0.25, 0.3) is 0 Å². The number of non-ortho nitro benzene ring substituents is 2. The van der Waals surface area contributed by atoms with Crippen LogP contribution in [0.4, 0.5) is 22.7 Å². The fourth-order valence-corrected chi connectivity index (χ4v) is 7.18. The topological polar surface area (TPSA) is 175 Å². The summed E-state index contributed by atoms with van der Waals surface area (Å²) in [5.74, 6) is -0.640. The average Bonchev–Trinajstić information content (AvgIpc) is 3.02. The summed E-state index contributed by atoms with van der Waals surface area (Å²) in [7, 11) is -2.26. The van der Waals surface area contributed by atoms with E-state index in [1.165, 1.54) is 34.8 Å². The van der Waals surface area contributed by atoms with Crippen molar-refractivity contribution in [2.75, 3.05) is 69.7 Å². The molecule has 1 N–H and O–H groups in total. The van der Waals surface area contributed by atoms with E-state index in [-0.39, 0.29) is 35.3 Å². The molecular formula is C28H38N8O7S. The molecule has 2 aromatic rings. The van der Waals surface area contributed by atoms with Crippen LogP contribution in [0.1, 0.15) is 32.3 Å². The first-order valence-electron chi connectivity index (χ1n) is 14.5. The molecule has 0 bridgehead atoms. The molecule has 2 fully saturated rings. The fraction of sp³-hybridized carbons (Fsp3) is 0.500. The number of hydrogen-bond acceptors (Lipinski definition) is 11. The van der Waals surface area contributed by atoms with Gasteiger partial charge in [-0.3, -0.25) is 30.4 Å². The van der Waals surface area contributed by atoms with Gasteiger partial charge in [-0.25, -0.2) is 8.42 Å². The Bertz CT molecular complexity index is 1520. The van der Waals surface area contributed by atoms with Crippen molar-refractivity contribution >= 4 is 44.9 Å². The van der Waals surface area contributed by atoms with Crippen molar-refractivity contribution in [1.82, 2.24) is 14.1 Å². The number of nitrogens with one attached hydrogen (secondary N) is 1. The number of hydrazone groups is 1. The second-order valence-electron chi connectivity index (χ2n) is 10.8. The summed E-state index contributed by atoms with van der Waals surface area (Å²) in [5.41, 5.74) is 3.35. The van der Waals surface area contributed by atoms with E-state index in [4.69, 9.17) is 0 Å². The molecule has 0 aromatic heterocycles. The van der Waals surface area contributed by atoms with Crippen LogP contribution in [0.15, 0.2) is 46.4 Å². The molecule has 0 radical (unpaired) electrons. The first kappa shape index (κ1) is 32.8. The Labute approximate surface area is 256 Å². The van der Waals surface area contributed by atoms with Gasteiger partial charge < -0.3 is 14.7 Å². The molecule has 15 nitrogen and oxygen atoms in total. The zero-order chi connectivity index (χ0) is 32.0. The predicted molar refractivity (Wildman–Crippen MR) is 167 cm³/mol. The maximum Gasteiger partial charge on any atom is 0.270 e. The van der Waals surface area contributed by atoms with Crippen molar-refractivity contribution in [1.29, 1.82) is 0 Å². The Hall–Kier alpha value is -4.15. The summed E-state index contributed by atoms with van der Waals surface area (Å²) in [4.78, 5) is 40.5. The molecule has 2 aliphatic heterocycles. The highest BCUT2D eigenvalue weighted by molar-refractivity contribution is 7.89. The molecule has 238 valence electrons. The van der Waals surface area contributed by atoms with E-state index in [1.807, 2.05) is 20.9 Å². The molecule has 44 heavy (non-hydrogen) atoms. The summed E-state index contributed by atoms with van der Waals surface area (Å²) in [6, 6.07) is 7.90. The molecule has 0 unspecified atom stereocenters. The lowest BCUT2D eigenvalue weighted by Gasteiger charge is -2.34. The molecular weight excluding hydrogens is 592 g/mol. The lowest BCUT2D eigenvalue weighted by Crippen LogP contribution is -2.46. The number of benzene rings is 2. The molecule has 1 amide bonds. The van der Waals surface area contributed by atoms with Crippen LogP contribution in [0.3, 0.4) is 0 Å². The zero-order valence-electron chi connectivity index (χ0n) is 25.1. The minimum absolute atomic E-state index is 0.00405. The van der Waals surface area contributed by atoms with Gasteiger partial charge in [0.15, 0.2) is 0 Å². The van der Waals surface area contributed by atoms with Crippen LogP contribution in [-0.2, 0) is 14.8 Å². The number of sulfonamides is 1. The van der Waals surface area contributed by atoms with Gasteiger partial charge in [0.2, 0.25) is 15.9 Å². The Kier molecular flexibility index (Phi) is 10.5. The molecule has 2 saturated heterocycles. The van der Waals surface area contributed by atoms with Crippen LogP contribution in [0.5, 0.6) is 0 Å². The second-order valence-corrected chi connectivity index (χ2v) is 12.7. The second kappa shape index (κ2) is 14.1. The minimum Gasteiger partial charge on any atom is -0.368 e. The summed E-state index contributed by atoms with van der Waals surface area (Å²) in [6.45, 7) is 7.92. The van der Waals surface area contributed by atoms with Gasteiger partial charge in [0, 0.05) is 87.9 Å². The van der Waals surface area contributed by atoms with Gasteiger partial charge in [0.05, 0.1) is 27.7 Å². The van der Waals surface area contributed by atoms with Crippen LogP contribution < -0.4 is 10.3 Å². The Morgan fingerprint density at radius 3 is 2.30 bits per heavy atom. The maximum absolute atomic E-state index is 13.9. The summed E-state index contributed by atoms with van der Waals surface area (Å²) in [5, 5.41) is 27.3. The van der Waals surface area contributed by atoms with Crippen molar-refractivity contribution in [3.05, 3.63) is 62.2 Å². The van der Waals surface area contributed by atoms with Gasteiger partial charge in [-0.05, 0) is 45.9 Å². The van der Waals surface area contributed by atoms with Crippen LogP contribution in [0, 0.1) is 26.1 Å². The third-order valence-corrected chi connectivity index (χ3v) is 9.96. The normalized spacial score (nSPS) is 18.3. The molecule has 4 rings (SSSR count). The monoisotopic (exact) mass is 630 g/mol. The molecule has 2 aliphatic rings. The van der Waals surface area contributed by atoms with Gasteiger partial charge in [0.1, 0.15) is 4.90 Å². The van der Waals surface area contributed by atoms with E-state index in [2.05, 4.69) is 20.3 Å². The van der Waals surface area contributed by atoms with Crippen LogP contribution >= 0.6 is 0 Å². The van der Waals surface area contributed by atoms with Gasteiger partial charge >= 0.3 is 0 Å². The van der Waals surface area contributed by atoms with E-state index >= 15 is 0 Å². The van der Waals surface area contributed by atoms with Gasteiger partial charge in [-0.2, -0.15) is 9.41 Å². The van der Waals surface area contributed by atoms with Crippen molar-refractivity contribution in [3.63, 3.8) is 0 Å². The zero-order valence-corrected chi connectivity index (χ0v) is 25.9. The number of rotatable bonds is 11. The average molecular weight is 631 g/mol. The SMILES string of the molecule is CCN(CC)C(=O)[C@@H]1CCCN(S(=O)(=O)c2cc([N+](=O)[O-])ccc2N/N=C\c2cc([N+](=O)[O-])ccc2N2CCN(C)CC2)C1. The number of carbonyl (C=O) groups is 1. The van der Waals surface area contributed by atoms with E-state index < -0.39 is 31.5 Å². The van der Waals surface area contributed by atoms with E-state index in [1.54, 1.807) is 11.0 Å². The number of nitrogens with zero attached hydrogens (tertiary/aromatic N) is 7. The van der Waals surface area contributed by atoms with Gasteiger partial charge in [-0.1, -0.05) is 0 Å². The number of amides is 1. The quantitative estimate of drug-likeness (QED) is 0.221. The number of carbonyl (C=O) groups excluding carboxylic acids is 1. The number of piperidine rings is 1. The molecule has 0 aliphatic carbocycles. The van der Waals surface area contributed by atoms with Crippen molar-refractivity contribution in [2.24, 2.45) is 11.0 Å². The molecule has 2 heterocycles. The Morgan fingerprint density at radius 2 is 1.66 bits per heavy atom. The summed E-state index contributed by atoms with van der Waals surface area (Å²) >= 11 is 0. The third-order valence-electron chi connectivity index (χ3n) is 8.06. The molecule has 0 spiro atoms. The number of hydrogen-bond donors (Lipinski definition) is 1. The number of nitro groups is 2. The van der Waals surface area contributed by atoms with Gasteiger partial charge in [0.25, 0.3) is 11.4 Å². The number of likely N-dealkylation sites (N-methyl/N-ethyl adjacent to an activating group) is 1. The highest BCUT2D eigenvalue weighted by atomic mass is 32.2. The number of nitro benzene ring substituents is 2. The molecule has 1 atom stereocenters. The van der Waals surface area contributed by atoms with Crippen LogP contribution in [0.2, 0.25) is 0 Å². The largest absolute Gasteiger partial charge is 0.368 e. The lowest BCUT2D eigenvalue weighted by molar-refractivity contribution is -0.385. The highest BCUT2D eigenvalue weighted by Gasteiger charge is 2.36. The van der Waals surface area contributed by atoms with E-state index in [9.17, 15) is 33.4 Å². The minimum atomic E-state index is -4.28. The fourth-order valence-electron chi connectivity index (χ4n) is 5.49. The van der Waals surface area contributed by atoms with E-state index in [0.717, 1.165) is 24.8 Å². The lowest BCUT2D eigenvalue weighted by atomic mass is 9.98. The Balaban J connectivity index is 1.65. The molecule has 16 heteroatoms. The maximum atomic E-state index is 13.9.